The number of rotatable bonds is 6. The van der Waals surface area contributed by atoms with Gasteiger partial charge in [0.1, 0.15) is 18.5 Å². The van der Waals surface area contributed by atoms with Crippen molar-refractivity contribution in [1.29, 1.82) is 0 Å². The van der Waals surface area contributed by atoms with Crippen molar-refractivity contribution in [3.05, 3.63) is 70.3 Å². The topological polar surface area (TPSA) is 142 Å². The second kappa shape index (κ2) is 9.50. The third kappa shape index (κ3) is 7.29. The number of nitrogens with zero attached hydrogens (tertiary/aromatic N) is 1. The summed E-state index contributed by atoms with van der Waals surface area (Å²) in [7, 11) is 0. The van der Waals surface area contributed by atoms with Crippen LogP contribution in [0, 0.1) is 10.1 Å². The van der Waals surface area contributed by atoms with Crippen molar-refractivity contribution >= 4 is 11.6 Å². The number of non-ortho nitro benzene ring substituents is 1. The van der Waals surface area contributed by atoms with Gasteiger partial charge in [-0.1, -0.05) is 18.2 Å². The van der Waals surface area contributed by atoms with Gasteiger partial charge in [0.25, 0.3) is 5.69 Å². The van der Waals surface area contributed by atoms with Gasteiger partial charge in [-0.2, -0.15) is 0 Å². The summed E-state index contributed by atoms with van der Waals surface area (Å²) in [4.78, 5) is 20.2. The predicted octanol–water partition coefficient (Wildman–Crippen LogP) is 1.86. The Kier molecular flexibility index (Phi) is 7.70. The Labute approximate surface area is 151 Å². The number of hydrogen-bond donors (Lipinski definition) is 3. The molecule has 0 spiro atoms. The Bertz CT molecular complexity index is 679. The maximum absolute atomic E-state index is 10.5. The third-order valence-electron chi connectivity index (χ3n) is 3.37. The molecule has 26 heavy (non-hydrogen) atoms. The van der Waals surface area contributed by atoms with E-state index in [9.17, 15) is 20.0 Å². The average Bonchev–Trinajstić information content (AvgIpc) is 2.60. The number of hydrogen-bond acceptors (Lipinski definition) is 6. The molecule has 1 amide bonds. The number of benzene rings is 2. The summed E-state index contributed by atoms with van der Waals surface area (Å²) >= 11 is 0. The number of carbonyl (C=O) groups excluding carboxylic acids is 1. The minimum atomic E-state index is -0.664. The van der Waals surface area contributed by atoms with E-state index in [-0.39, 0.29) is 17.9 Å². The van der Waals surface area contributed by atoms with Crippen LogP contribution in [-0.2, 0) is 0 Å². The van der Waals surface area contributed by atoms with Gasteiger partial charge in [0.05, 0.1) is 4.92 Å². The molecule has 8 heteroatoms. The smallest absolute Gasteiger partial charge is 0.269 e. The minimum Gasteiger partial charge on any atom is -0.491 e. The van der Waals surface area contributed by atoms with Crippen LogP contribution in [0.1, 0.15) is 24.2 Å². The number of aliphatic hydroxyl groups excluding tert-OH is 1. The standard InChI is InChI=1S/C11H17NO2.C7H6N2O3/c1-11(2,12)10(13)8-14-9-6-4-3-5-7-9;8-7(10)5-1-3-6(4-2-5)9(11)12/h3-7,10,13H,8,12H2,1-2H3;1-4H,(H2,8,10). The van der Waals surface area contributed by atoms with Gasteiger partial charge in [0.15, 0.2) is 0 Å². The number of amides is 1. The summed E-state index contributed by atoms with van der Waals surface area (Å²) in [5.41, 5.74) is 10.2. The molecule has 0 heterocycles. The number of aliphatic hydroxyl groups is 1. The number of nitrogens with two attached hydrogens (primary N) is 2. The first kappa shape index (κ1) is 21.1. The van der Waals surface area contributed by atoms with Gasteiger partial charge in [-0.15, -0.1) is 0 Å². The zero-order chi connectivity index (χ0) is 19.7. The lowest BCUT2D eigenvalue weighted by atomic mass is 10.00. The maximum atomic E-state index is 10.5. The zero-order valence-electron chi connectivity index (χ0n) is 14.7. The van der Waals surface area contributed by atoms with Crippen molar-refractivity contribution in [3.8, 4) is 5.75 Å². The van der Waals surface area contributed by atoms with E-state index in [0.29, 0.717) is 0 Å². The van der Waals surface area contributed by atoms with Crippen molar-refractivity contribution in [3.63, 3.8) is 0 Å². The fraction of sp³-hybridized carbons (Fsp3) is 0.278. The summed E-state index contributed by atoms with van der Waals surface area (Å²) in [6.07, 6.45) is -0.664. The van der Waals surface area contributed by atoms with Crippen LogP contribution < -0.4 is 16.2 Å². The van der Waals surface area contributed by atoms with E-state index in [2.05, 4.69) is 0 Å². The van der Waals surface area contributed by atoms with Crippen molar-refractivity contribution in [2.75, 3.05) is 6.61 Å². The molecule has 0 saturated heterocycles. The maximum Gasteiger partial charge on any atom is 0.269 e. The molecule has 1 unspecified atom stereocenters. The number of carbonyl (C=O) groups is 1. The number of nitro benzene ring substituents is 1. The lowest BCUT2D eigenvalue weighted by Gasteiger charge is -2.25. The van der Waals surface area contributed by atoms with E-state index in [1.54, 1.807) is 13.8 Å². The predicted molar refractivity (Wildman–Crippen MR) is 97.8 cm³/mol. The molecule has 2 aromatic carbocycles. The van der Waals surface area contributed by atoms with Crippen LogP contribution in [0.15, 0.2) is 54.6 Å². The molecule has 1 atom stereocenters. The second-order valence-electron chi connectivity index (χ2n) is 6.13. The number of ether oxygens (including phenoxy) is 1. The minimum absolute atomic E-state index is 0.0556. The monoisotopic (exact) mass is 361 g/mol. The molecule has 2 rings (SSSR count). The first-order valence-electron chi connectivity index (χ1n) is 7.80. The van der Waals surface area contributed by atoms with Gasteiger partial charge in [0, 0.05) is 23.2 Å². The Morgan fingerprint density at radius 3 is 2.15 bits per heavy atom. The summed E-state index contributed by atoms with van der Waals surface area (Å²) in [5.74, 6) is 0.153. The highest BCUT2D eigenvalue weighted by Gasteiger charge is 2.23. The number of nitro groups is 1. The first-order valence-corrected chi connectivity index (χ1v) is 7.80. The van der Waals surface area contributed by atoms with Gasteiger partial charge in [0.2, 0.25) is 5.91 Å². The number of primary amides is 1. The number of para-hydroxylation sites is 1. The van der Waals surface area contributed by atoms with Crippen LogP contribution in [0.4, 0.5) is 5.69 Å². The Balaban J connectivity index is 0.000000263. The van der Waals surface area contributed by atoms with Crippen LogP contribution in [0.5, 0.6) is 5.75 Å². The summed E-state index contributed by atoms with van der Waals surface area (Å²) in [6, 6.07) is 14.5. The molecule has 5 N–H and O–H groups in total. The highest BCUT2D eigenvalue weighted by molar-refractivity contribution is 5.92. The van der Waals surface area contributed by atoms with Crippen LogP contribution in [-0.4, -0.2) is 34.2 Å². The fourth-order valence-corrected chi connectivity index (χ4v) is 1.65. The largest absolute Gasteiger partial charge is 0.491 e. The lowest BCUT2D eigenvalue weighted by molar-refractivity contribution is -0.384. The molecule has 0 aliphatic carbocycles. The van der Waals surface area contributed by atoms with Crippen LogP contribution in [0.2, 0.25) is 0 Å². The molecule has 0 fully saturated rings. The molecular weight excluding hydrogens is 338 g/mol. The molecule has 0 saturated carbocycles. The first-order chi connectivity index (χ1) is 12.1. The van der Waals surface area contributed by atoms with Crippen molar-refractivity contribution in [2.24, 2.45) is 11.5 Å². The van der Waals surface area contributed by atoms with E-state index in [1.165, 1.54) is 24.3 Å². The van der Waals surface area contributed by atoms with Gasteiger partial charge >= 0.3 is 0 Å². The molecule has 8 nitrogen and oxygen atoms in total. The highest BCUT2D eigenvalue weighted by Crippen LogP contribution is 2.12. The van der Waals surface area contributed by atoms with Crippen LogP contribution in [0.25, 0.3) is 0 Å². The third-order valence-corrected chi connectivity index (χ3v) is 3.37. The van der Waals surface area contributed by atoms with E-state index < -0.39 is 22.5 Å². The molecule has 0 aliphatic rings. The van der Waals surface area contributed by atoms with Gasteiger partial charge in [-0.3, -0.25) is 14.9 Å². The Morgan fingerprint density at radius 2 is 1.73 bits per heavy atom. The molecule has 140 valence electrons. The van der Waals surface area contributed by atoms with E-state index >= 15 is 0 Å². The Hall–Kier alpha value is -2.97. The van der Waals surface area contributed by atoms with E-state index in [4.69, 9.17) is 16.2 Å². The van der Waals surface area contributed by atoms with Crippen molar-refractivity contribution < 1.29 is 19.6 Å². The molecule has 0 bridgehead atoms. The average molecular weight is 361 g/mol. The van der Waals surface area contributed by atoms with Gasteiger partial charge in [-0.25, -0.2) is 0 Å². The Morgan fingerprint density at radius 1 is 1.19 bits per heavy atom. The van der Waals surface area contributed by atoms with Crippen LogP contribution >= 0.6 is 0 Å². The van der Waals surface area contributed by atoms with E-state index in [0.717, 1.165) is 5.75 Å². The highest BCUT2D eigenvalue weighted by atomic mass is 16.6. The van der Waals surface area contributed by atoms with Gasteiger partial charge < -0.3 is 21.3 Å². The summed E-state index contributed by atoms with van der Waals surface area (Å²) in [6.45, 7) is 3.76. The van der Waals surface area contributed by atoms with Crippen LogP contribution in [0.3, 0.4) is 0 Å². The molecule has 2 aromatic rings. The SMILES string of the molecule is CC(C)(N)C(O)COc1ccccc1.NC(=O)c1ccc([N+](=O)[O-])cc1. The fourth-order valence-electron chi connectivity index (χ4n) is 1.65. The lowest BCUT2D eigenvalue weighted by Crippen LogP contribution is -2.48. The molecule has 0 aliphatic heterocycles. The molecule has 0 radical (unpaired) electrons. The molecular formula is C18H23N3O5. The van der Waals surface area contributed by atoms with Crippen molar-refractivity contribution in [2.45, 2.75) is 25.5 Å². The van der Waals surface area contributed by atoms with Gasteiger partial charge in [-0.05, 0) is 38.1 Å². The zero-order valence-corrected chi connectivity index (χ0v) is 14.7. The summed E-state index contributed by atoms with van der Waals surface area (Å²) < 4.78 is 5.36. The quantitative estimate of drug-likeness (QED) is 0.529. The normalized spacial score (nSPS) is 11.7. The van der Waals surface area contributed by atoms with Crippen molar-refractivity contribution in [1.82, 2.24) is 0 Å². The molecule has 0 aromatic heterocycles. The second-order valence-corrected chi connectivity index (χ2v) is 6.13. The summed E-state index contributed by atoms with van der Waals surface area (Å²) in [5, 5.41) is 19.8. The van der Waals surface area contributed by atoms with E-state index in [1.807, 2.05) is 30.3 Å².